The molecule has 0 aliphatic carbocycles. The van der Waals surface area contributed by atoms with E-state index in [1.54, 1.807) is 11.8 Å². The molecule has 0 fully saturated rings. The molecule has 0 aromatic carbocycles. The Morgan fingerprint density at radius 1 is 1.52 bits per heavy atom. The molecule has 1 N–H and O–H groups in total. The first-order valence-electron chi connectivity index (χ1n) is 6.50. The number of ether oxygens (including phenoxy) is 1. The highest BCUT2D eigenvalue weighted by molar-refractivity contribution is 7.16. The minimum absolute atomic E-state index is 0.136. The summed E-state index contributed by atoms with van der Waals surface area (Å²) in [5.41, 5.74) is 2.19. The first-order chi connectivity index (χ1) is 9.93. The molecule has 1 atom stereocenters. The Morgan fingerprint density at radius 2 is 2.24 bits per heavy atom. The average molecular weight is 328 g/mol. The van der Waals surface area contributed by atoms with Gasteiger partial charge in [0.1, 0.15) is 6.10 Å². The number of amides is 1. The molecule has 2 rings (SSSR count). The predicted molar refractivity (Wildman–Crippen MR) is 84.1 cm³/mol. The minimum Gasteiger partial charge on any atom is -0.374 e. The van der Waals surface area contributed by atoms with Crippen molar-refractivity contribution < 1.29 is 9.53 Å². The van der Waals surface area contributed by atoms with E-state index in [1.165, 1.54) is 11.3 Å². The maximum atomic E-state index is 12.3. The van der Waals surface area contributed by atoms with Crippen molar-refractivity contribution in [3.63, 3.8) is 0 Å². The van der Waals surface area contributed by atoms with Gasteiger partial charge in [0, 0.05) is 31.3 Å². The van der Waals surface area contributed by atoms with Crippen LogP contribution in [-0.4, -0.2) is 29.3 Å². The number of hydrogen-bond acceptors (Lipinski definition) is 4. The van der Waals surface area contributed by atoms with E-state index in [0.29, 0.717) is 16.4 Å². The van der Waals surface area contributed by atoms with E-state index in [2.05, 4.69) is 10.4 Å². The predicted octanol–water partition coefficient (Wildman–Crippen LogP) is 2.87. The van der Waals surface area contributed by atoms with Gasteiger partial charge in [-0.05, 0) is 26.0 Å². The monoisotopic (exact) mass is 327 g/mol. The average Bonchev–Trinajstić information content (AvgIpc) is 2.95. The number of hydrogen-bond donors (Lipinski definition) is 1. The fraction of sp³-hybridized carbons (Fsp3) is 0.429. The molecule has 1 amide bonds. The molecule has 0 saturated heterocycles. The van der Waals surface area contributed by atoms with Gasteiger partial charge in [-0.25, -0.2) is 0 Å². The van der Waals surface area contributed by atoms with Gasteiger partial charge in [-0.3, -0.25) is 9.48 Å². The number of methoxy groups -OCH3 is 1. The molecular formula is C14H18ClN3O2S. The van der Waals surface area contributed by atoms with Crippen molar-refractivity contribution in [3.05, 3.63) is 38.3 Å². The highest BCUT2D eigenvalue weighted by Crippen LogP contribution is 2.28. The molecule has 0 bridgehead atoms. The summed E-state index contributed by atoms with van der Waals surface area (Å²) in [4.78, 5) is 13.3. The summed E-state index contributed by atoms with van der Waals surface area (Å²) in [7, 11) is 3.44. The topological polar surface area (TPSA) is 56.1 Å². The van der Waals surface area contributed by atoms with Crippen molar-refractivity contribution >= 4 is 28.8 Å². The van der Waals surface area contributed by atoms with Crippen LogP contribution in [0.3, 0.4) is 0 Å². The Kier molecular flexibility index (Phi) is 5.03. The molecule has 114 valence electrons. The zero-order valence-corrected chi connectivity index (χ0v) is 14.0. The van der Waals surface area contributed by atoms with Gasteiger partial charge in [0.2, 0.25) is 0 Å². The first kappa shape index (κ1) is 16.0. The van der Waals surface area contributed by atoms with Gasteiger partial charge in [-0.1, -0.05) is 11.6 Å². The number of thiophene rings is 1. The van der Waals surface area contributed by atoms with Gasteiger partial charge < -0.3 is 10.1 Å². The zero-order chi connectivity index (χ0) is 15.6. The molecule has 0 aliphatic heterocycles. The minimum atomic E-state index is -0.205. The number of aromatic nitrogens is 2. The summed E-state index contributed by atoms with van der Waals surface area (Å²) >= 11 is 7.38. The van der Waals surface area contributed by atoms with Crippen LogP contribution >= 0.6 is 22.9 Å². The second-order valence-corrected chi connectivity index (χ2v) is 6.49. The molecule has 0 spiro atoms. The molecule has 2 aromatic rings. The smallest absolute Gasteiger partial charge is 0.255 e. The van der Waals surface area contributed by atoms with Crippen LogP contribution in [0.25, 0.3) is 0 Å². The molecule has 0 saturated carbocycles. The summed E-state index contributed by atoms with van der Waals surface area (Å²) in [6.07, 6.45) is -0.205. The van der Waals surface area contributed by atoms with Crippen LogP contribution < -0.4 is 5.32 Å². The number of nitrogens with one attached hydrogen (secondary N) is 1. The van der Waals surface area contributed by atoms with Gasteiger partial charge in [0.05, 0.1) is 15.6 Å². The molecule has 0 aliphatic rings. The largest absolute Gasteiger partial charge is 0.374 e. The lowest BCUT2D eigenvalue weighted by molar-refractivity contribution is 0.0836. The number of aryl methyl sites for hydroxylation is 2. The van der Waals surface area contributed by atoms with Gasteiger partial charge >= 0.3 is 0 Å². The second kappa shape index (κ2) is 6.60. The molecule has 0 radical (unpaired) electrons. The van der Waals surface area contributed by atoms with Crippen LogP contribution in [0.5, 0.6) is 0 Å². The van der Waals surface area contributed by atoms with Crippen LogP contribution in [0, 0.1) is 13.8 Å². The van der Waals surface area contributed by atoms with Crippen molar-refractivity contribution in [2.45, 2.75) is 20.0 Å². The number of carbonyl (C=O) groups excluding carboxylic acids is 1. The van der Waals surface area contributed by atoms with Crippen LogP contribution in [-0.2, 0) is 11.8 Å². The van der Waals surface area contributed by atoms with Gasteiger partial charge in [0.15, 0.2) is 0 Å². The molecule has 2 heterocycles. The lowest BCUT2D eigenvalue weighted by Gasteiger charge is -2.14. The van der Waals surface area contributed by atoms with Gasteiger partial charge in [-0.15, -0.1) is 11.3 Å². The maximum Gasteiger partial charge on any atom is 0.255 e. The normalized spacial score (nSPS) is 12.4. The SMILES string of the molecule is CO[C@H](CNC(=O)c1c(C)nn(C)c1C)c1ccc(Cl)s1. The summed E-state index contributed by atoms with van der Waals surface area (Å²) < 4.78 is 7.83. The molecule has 0 unspecified atom stereocenters. The molecule has 5 nitrogen and oxygen atoms in total. The van der Waals surface area contributed by atoms with E-state index in [-0.39, 0.29) is 12.0 Å². The van der Waals surface area contributed by atoms with Crippen molar-refractivity contribution in [1.29, 1.82) is 0 Å². The Bertz CT molecular complexity index is 651. The van der Waals surface area contributed by atoms with Crippen molar-refractivity contribution in [3.8, 4) is 0 Å². The summed E-state index contributed by atoms with van der Waals surface area (Å²) in [5, 5.41) is 7.15. The second-order valence-electron chi connectivity index (χ2n) is 4.75. The number of carbonyl (C=O) groups is 1. The van der Waals surface area contributed by atoms with E-state index in [1.807, 2.05) is 33.0 Å². The first-order valence-corrected chi connectivity index (χ1v) is 7.70. The van der Waals surface area contributed by atoms with Crippen LogP contribution in [0.15, 0.2) is 12.1 Å². The fourth-order valence-electron chi connectivity index (χ4n) is 2.18. The number of rotatable bonds is 5. The molecule has 21 heavy (non-hydrogen) atoms. The van der Waals surface area contributed by atoms with Gasteiger partial charge in [0.25, 0.3) is 5.91 Å². The van der Waals surface area contributed by atoms with E-state index in [0.717, 1.165) is 16.3 Å². The third-order valence-electron chi connectivity index (χ3n) is 3.38. The van der Waals surface area contributed by atoms with Crippen molar-refractivity contribution in [2.24, 2.45) is 7.05 Å². The highest BCUT2D eigenvalue weighted by atomic mass is 35.5. The molecular weight excluding hydrogens is 310 g/mol. The van der Waals surface area contributed by atoms with E-state index >= 15 is 0 Å². The Balaban J connectivity index is 2.06. The zero-order valence-electron chi connectivity index (χ0n) is 12.4. The van der Waals surface area contributed by atoms with Crippen LogP contribution in [0.4, 0.5) is 0 Å². The summed E-state index contributed by atoms with van der Waals surface area (Å²) in [6, 6.07) is 3.73. The Labute approximate surface area is 132 Å². The van der Waals surface area contributed by atoms with Crippen LogP contribution in [0.2, 0.25) is 4.34 Å². The lowest BCUT2D eigenvalue weighted by atomic mass is 10.2. The fourth-order valence-corrected chi connectivity index (χ4v) is 3.32. The molecule has 7 heteroatoms. The van der Waals surface area contributed by atoms with Gasteiger partial charge in [-0.2, -0.15) is 5.10 Å². The summed E-state index contributed by atoms with van der Waals surface area (Å²) in [6.45, 7) is 4.09. The van der Waals surface area contributed by atoms with Crippen LogP contribution in [0.1, 0.15) is 32.7 Å². The third-order valence-corrected chi connectivity index (χ3v) is 4.70. The highest BCUT2D eigenvalue weighted by Gasteiger charge is 2.19. The van der Waals surface area contributed by atoms with E-state index in [4.69, 9.17) is 16.3 Å². The molecule has 2 aromatic heterocycles. The maximum absolute atomic E-state index is 12.3. The van der Waals surface area contributed by atoms with E-state index < -0.39 is 0 Å². The number of halogens is 1. The van der Waals surface area contributed by atoms with Crippen molar-refractivity contribution in [2.75, 3.05) is 13.7 Å². The summed E-state index contributed by atoms with van der Waals surface area (Å²) in [5.74, 6) is -0.136. The Hall–Kier alpha value is -1.37. The Morgan fingerprint density at radius 3 is 2.71 bits per heavy atom. The van der Waals surface area contributed by atoms with Crippen molar-refractivity contribution in [1.82, 2.24) is 15.1 Å². The lowest BCUT2D eigenvalue weighted by Crippen LogP contribution is -2.29. The van der Waals surface area contributed by atoms with E-state index in [9.17, 15) is 4.79 Å². The quantitative estimate of drug-likeness (QED) is 0.918. The number of nitrogens with zero attached hydrogens (tertiary/aromatic N) is 2. The third kappa shape index (κ3) is 3.45. The standard InChI is InChI=1S/C14H18ClN3O2S/c1-8-13(9(2)18(3)17-8)14(19)16-7-10(20-4)11-5-6-12(15)21-11/h5-6,10H,7H2,1-4H3,(H,16,19)/t10-/m1/s1.